The molecule has 5 heterocycles. The van der Waals surface area contributed by atoms with Gasteiger partial charge in [-0.15, -0.1) is 0 Å². The molecule has 4 aromatic carbocycles. The number of imide groups is 1. The van der Waals surface area contributed by atoms with Crippen LogP contribution in [-0.2, 0) is 47.7 Å². The normalized spacial score (nSPS) is 16.7. The lowest BCUT2D eigenvalue weighted by molar-refractivity contribution is -0.137. The number of methoxy groups -OCH3 is 3. The van der Waals surface area contributed by atoms with Gasteiger partial charge in [0.25, 0.3) is 23.6 Å². The molecule has 0 aromatic heterocycles. The van der Waals surface area contributed by atoms with Gasteiger partial charge >= 0.3 is 0 Å². The minimum absolute atomic E-state index is 0.000774. The molecular weight excluding hydrogens is 1210 g/mol. The van der Waals surface area contributed by atoms with Gasteiger partial charge in [0, 0.05) is 100.0 Å². The van der Waals surface area contributed by atoms with Gasteiger partial charge in [0.15, 0.2) is 23.0 Å². The van der Waals surface area contributed by atoms with Crippen molar-refractivity contribution in [1.29, 1.82) is 0 Å². The number of fused-ring (bicyclic) bond motifs is 4. The Morgan fingerprint density at radius 1 is 0.553 bits per heavy atom. The molecule has 0 spiro atoms. The average Bonchev–Trinajstić information content (AvgIpc) is 1.62. The number of rotatable bonds is 35. The number of benzene rings is 4. The summed E-state index contributed by atoms with van der Waals surface area (Å²) in [6, 6.07) is 19.1. The third-order valence-corrected chi connectivity index (χ3v) is 15.9. The molecule has 9 rings (SSSR count). The van der Waals surface area contributed by atoms with Crippen molar-refractivity contribution in [1.82, 2.24) is 30.7 Å². The predicted octanol–water partition coefficient (Wildman–Crippen LogP) is 5.98. The molecule has 0 fully saturated rings. The van der Waals surface area contributed by atoms with Gasteiger partial charge in [-0.05, 0) is 71.5 Å². The number of ether oxygens (including phenoxy) is 9. The lowest BCUT2D eigenvalue weighted by atomic mass is 10.0. The zero-order valence-electron chi connectivity index (χ0n) is 53.5. The number of hydrogen-bond acceptors (Lipinski definition) is 19. The average molecular weight is 1290 g/mol. The molecule has 26 nitrogen and oxygen atoms in total. The second-order valence-electron chi connectivity index (χ2n) is 22.7. The van der Waals surface area contributed by atoms with Crippen LogP contribution in [0.15, 0.2) is 107 Å². The Bertz CT molecular complexity index is 3570. The van der Waals surface area contributed by atoms with Gasteiger partial charge in [0.2, 0.25) is 23.6 Å². The monoisotopic (exact) mass is 1290 g/mol. The maximum absolute atomic E-state index is 14.2. The number of nitrogens with zero attached hydrogens (tertiary/aromatic N) is 5. The molecule has 4 atom stereocenters. The summed E-state index contributed by atoms with van der Waals surface area (Å²) in [4.78, 5) is 116. The van der Waals surface area contributed by atoms with Crippen LogP contribution in [0.1, 0.15) is 84.7 Å². The Labute approximate surface area is 544 Å². The van der Waals surface area contributed by atoms with Crippen molar-refractivity contribution in [2.75, 3.05) is 106 Å². The quantitative estimate of drug-likeness (QED) is 0.0304. The van der Waals surface area contributed by atoms with E-state index in [0.29, 0.717) is 96.9 Å². The molecule has 0 bridgehead atoms. The van der Waals surface area contributed by atoms with E-state index in [1.54, 1.807) is 92.7 Å². The van der Waals surface area contributed by atoms with Crippen LogP contribution in [-0.4, -0.2) is 199 Å². The summed E-state index contributed by atoms with van der Waals surface area (Å²) in [6.07, 6.45) is 11.1. The second kappa shape index (κ2) is 33.2. The van der Waals surface area contributed by atoms with Crippen LogP contribution in [0.2, 0.25) is 0 Å². The minimum atomic E-state index is -0.947. The van der Waals surface area contributed by atoms with Crippen LogP contribution in [0.5, 0.6) is 28.7 Å². The van der Waals surface area contributed by atoms with E-state index in [4.69, 9.17) is 52.6 Å². The number of carbonyl (C=O) groups is 8. The first-order chi connectivity index (χ1) is 45.5. The van der Waals surface area contributed by atoms with E-state index in [-0.39, 0.29) is 101 Å². The summed E-state index contributed by atoms with van der Waals surface area (Å²) in [5.41, 5.74) is 5.89. The highest BCUT2D eigenvalue weighted by Crippen LogP contribution is 2.42. The van der Waals surface area contributed by atoms with E-state index in [1.807, 2.05) is 42.6 Å². The number of nitrogens with one attached hydrogen (secondary N) is 4. The summed E-state index contributed by atoms with van der Waals surface area (Å²) in [7, 11) is 4.64. The lowest BCUT2D eigenvalue weighted by Crippen LogP contribution is -2.53. The fourth-order valence-corrected chi connectivity index (χ4v) is 10.7. The second-order valence-corrected chi connectivity index (χ2v) is 22.7. The van der Waals surface area contributed by atoms with Crippen LogP contribution < -0.4 is 45.0 Å². The van der Waals surface area contributed by atoms with Gasteiger partial charge in [-0.25, -0.2) is 0 Å². The summed E-state index contributed by atoms with van der Waals surface area (Å²) in [6.45, 7) is 8.05. The molecular formula is C68H79N9O17. The molecule has 5 aliphatic heterocycles. The molecule has 94 heavy (non-hydrogen) atoms. The fourth-order valence-electron chi connectivity index (χ4n) is 10.7. The van der Waals surface area contributed by atoms with Crippen LogP contribution in [0.3, 0.4) is 0 Å². The number of carbonyl (C=O) groups excluding carboxylic acids is 8. The van der Waals surface area contributed by atoms with Crippen molar-refractivity contribution in [2.45, 2.75) is 77.0 Å². The van der Waals surface area contributed by atoms with E-state index in [0.717, 1.165) is 32.9 Å². The first kappa shape index (κ1) is 68.6. The summed E-state index contributed by atoms with van der Waals surface area (Å²) >= 11 is 0. The SMILES string of the molecule is COc1ccc(C2=CN3C(=O)c4cc(OC)c(OCCCOc5cc6c(cc5OC)C(=O)N5C=C(c7ccc(NC(=O)[C@H](C)NC(=O)[C@@H](NC(=O)CCOCCOCCOCCOCCNC(=O)CCN8C(=O)C=CC8=O)C(C)C)cc7)C[C@H]5C=N6)cc4N=C[C@@H]3C2)cc1. The molecule has 5 aliphatic rings. The van der Waals surface area contributed by atoms with Gasteiger partial charge in [0.05, 0.1) is 122 Å². The Balaban J connectivity index is 0.649. The maximum atomic E-state index is 14.2. The summed E-state index contributed by atoms with van der Waals surface area (Å²) < 4.78 is 51.0. The Hall–Kier alpha value is -9.76. The number of anilines is 1. The number of amides is 8. The lowest BCUT2D eigenvalue weighted by Gasteiger charge is -2.24. The van der Waals surface area contributed by atoms with Gasteiger partial charge in [-0.1, -0.05) is 38.1 Å². The maximum Gasteiger partial charge on any atom is 0.260 e. The first-order valence-electron chi connectivity index (χ1n) is 31.1. The summed E-state index contributed by atoms with van der Waals surface area (Å²) in [5.74, 6) is -0.922. The third-order valence-electron chi connectivity index (χ3n) is 15.9. The van der Waals surface area contributed by atoms with Crippen molar-refractivity contribution < 1.29 is 81.0 Å². The van der Waals surface area contributed by atoms with Crippen LogP contribution >= 0.6 is 0 Å². The standard InChI is InChI=1S/C68H79N9O17/c1-42(2)64(74-61(79)19-24-89-26-28-91-30-31-92-29-27-90-25-20-69-60(78)18-21-75-62(80)16-17-63(75)81)66(83)72-43(3)65(82)73-48-12-8-44(9-13-48)46-32-49-38-70-54-36-58(56(87-5)34-52(54)67(84)76(49)40-46)93-22-7-23-94-59-37-55-53(35-57(59)88-6)68(85)77-41-47(33-50(77)39-71-55)45-10-14-51(86-4)15-11-45/h8-17,34-43,49-50,64H,7,18-33H2,1-6H3,(H,69,78)(H,72,83)(H,73,82)(H,74,79)/t43-,49-,50-,64-/m0/s1. The van der Waals surface area contributed by atoms with E-state index >= 15 is 0 Å². The van der Waals surface area contributed by atoms with E-state index in [2.05, 4.69) is 21.3 Å². The topological polar surface area (TPSA) is 302 Å². The molecule has 8 amide bonds. The number of aliphatic imine (C=N–C) groups is 2. The smallest absolute Gasteiger partial charge is 0.260 e. The zero-order valence-corrected chi connectivity index (χ0v) is 53.5. The van der Waals surface area contributed by atoms with Gasteiger partial charge < -0.3 is 73.7 Å². The highest BCUT2D eigenvalue weighted by Gasteiger charge is 2.36. The van der Waals surface area contributed by atoms with Crippen molar-refractivity contribution >= 4 is 87.9 Å². The summed E-state index contributed by atoms with van der Waals surface area (Å²) in [5, 5.41) is 11.0. The van der Waals surface area contributed by atoms with E-state index in [9.17, 15) is 38.4 Å². The molecule has 0 saturated carbocycles. The molecule has 498 valence electrons. The molecule has 0 unspecified atom stereocenters. The molecule has 0 saturated heterocycles. The molecule has 4 N–H and O–H groups in total. The van der Waals surface area contributed by atoms with E-state index in [1.165, 1.54) is 26.4 Å². The zero-order chi connectivity index (χ0) is 66.7. The van der Waals surface area contributed by atoms with E-state index < -0.39 is 41.6 Å². The highest BCUT2D eigenvalue weighted by atomic mass is 16.6. The molecule has 4 aromatic rings. The third kappa shape index (κ3) is 17.9. The van der Waals surface area contributed by atoms with Crippen LogP contribution in [0.4, 0.5) is 17.1 Å². The Kier molecular flexibility index (Phi) is 24.2. The van der Waals surface area contributed by atoms with Crippen LogP contribution in [0.25, 0.3) is 11.1 Å². The van der Waals surface area contributed by atoms with Gasteiger partial charge in [-0.2, -0.15) is 0 Å². The first-order valence-corrected chi connectivity index (χ1v) is 31.1. The van der Waals surface area contributed by atoms with Gasteiger partial charge in [0.1, 0.15) is 17.8 Å². The highest BCUT2D eigenvalue weighted by molar-refractivity contribution is 6.13. The van der Waals surface area contributed by atoms with Gasteiger partial charge in [-0.3, -0.25) is 53.2 Å². The number of hydrogen-bond donors (Lipinski definition) is 4. The Morgan fingerprint density at radius 3 is 1.55 bits per heavy atom. The van der Waals surface area contributed by atoms with Crippen molar-refractivity contribution in [3.05, 3.63) is 120 Å². The minimum Gasteiger partial charge on any atom is -0.497 e. The van der Waals surface area contributed by atoms with Crippen molar-refractivity contribution in [2.24, 2.45) is 15.9 Å². The molecule has 26 heteroatoms. The Morgan fingerprint density at radius 2 is 1.05 bits per heavy atom. The predicted molar refractivity (Wildman–Crippen MR) is 347 cm³/mol. The van der Waals surface area contributed by atoms with Crippen molar-refractivity contribution in [3.63, 3.8) is 0 Å². The van der Waals surface area contributed by atoms with Crippen molar-refractivity contribution in [3.8, 4) is 28.7 Å². The molecule has 0 radical (unpaired) electrons. The molecule has 0 aliphatic carbocycles. The fraction of sp³-hybridized carbons (Fsp3) is 0.412. The van der Waals surface area contributed by atoms with Crippen LogP contribution in [0, 0.1) is 5.92 Å². The largest absolute Gasteiger partial charge is 0.497 e.